The molecule has 2 atom stereocenters. The van der Waals surface area contributed by atoms with Gasteiger partial charge in [0.2, 0.25) is 5.91 Å². The van der Waals surface area contributed by atoms with Crippen LogP contribution in [0.2, 0.25) is 0 Å². The summed E-state index contributed by atoms with van der Waals surface area (Å²) in [6, 6.07) is 20.7. The van der Waals surface area contributed by atoms with Gasteiger partial charge < -0.3 is 19.5 Å². The van der Waals surface area contributed by atoms with Gasteiger partial charge in [0.1, 0.15) is 30.8 Å². The van der Waals surface area contributed by atoms with Gasteiger partial charge in [0.15, 0.2) is 6.10 Å². The molecule has 0 fully saturated rings. The minimum Gasteiger partial charge on any atom is -0.490 e. The van der Waals surface area contributed by atoms with E-state index in [2.05, 4.69) is 0 Å². The molecule has 1 aliphatic rings. The molecule has 0 aromatic heterocycles. The lowest BCUT2D eigenvalue weighted by Crippen LogP contribution is -2.52. The molecule has 2 amide bonds. The molecule has 3 aromatic rings. The molecule has 34 heavy (non-hydrogen) atoms. The number of para-hydroxylation sites is 2. The summed E-state index contributed by atoms with van der Waals surface area (Å²) >= 11 is 0. The first-order valence-electron chi connectivity index (χ1n) is 11.5. The Morgan fingerprint density at radius 3 is 2.59 bits per heavy atom. The minimum atomic E-state index is -0.892. The third-order valence-corrected chi connectivity index (χ3v) is 5.90. The number of anilines is 1. The molecule has 0 radical (unpaired) electrons. The van der Waals surface area contributed by atoms with Crippen LogP contribution in [0.1, 0.15) is 20.8 Å². The molecule has 0 saturated heterocycles. The lowest BCUT2D eigenvalue weighted by molar-refractivity contribution is -0.135. The fourth-order valence-electron chi connectivity index (χ4n) is 4.14. The quantitative estimate of drug-likeness (QED) is 0.553. The van der Waals surface area contributed by atoms with E-state index in [1.165, 1.54) is 4.90 Å². The molecule has 0 saturated carbocycles. The maximum absolute atomic E-state index is 13.2. The zero-order valence-corrected chi connectivity index (χ0v) is 19.7. The van der Waals surface area contributed by atoms with E-state index in [0.717, 1.165) is 10.8 Å². The number of ether oxygens (including phenoxy) is 2. The fraction of sp³-hybridized carbons (Fsp3) is 0.333. The van der Waals surface area contributed by atoms with Gasteiger partial charge >= 0.3 is 0 Å². The summed E-state index contributed by atoms with van der Waals surface area (Å²) in [5.41, 5.74) is 0.572. The third-order valence-electron chi connectivity index (χ3n) is 5.90. The van der Waals surface area contributed by atoms with Gasteiger partial charge in [-0.25, -0.2) is 0 Å². The van der Waals surface area contributed by atoms with Crippen molar-refractivity contribution in [2.24, 2.45) is 0 Å². The van der Waals surface area contributed by atoms with Crippen molar-refractivity contribution in [1.29, 1.82) is 0 Å². The summed E-state index contributed by atoms with van der Waals surface area (Å²) in [5, 5.41) is 12.7. The Morgan fingerprint density at radius 1 is 1.09 bits per heavy atom. The van der Waals surface area contributed by atoms with Crippen molar-refractivity contribution in [3.05, 3.63) is 66.7 Å². The van der Waals surface area contributed by atoms with Gasteiger partial charge in [0.05, 0.1) is 12.2 Å². The Balaban J connectivity index is 1.43. The molecular formula is C27H30N2O5. The Kier molecular flexibility index (Phi) is 7.03. The number of hydrogen-bond acceptors (Lipinski definition) is 5. The molecule has 7 heteroatoms. The van der Waals surface area contributed by atoms with Crippen LogP contribution in [-0.4, -0.2) is 59.8 Å². The van der Waals surface area contributed by atoms with E-state index in [1.807, 2.05) is 62.4 Å². The molecule has 178 valence electrons. The van der Waals surface area contributed by atoms with Crippen LogP contribution in [0.3, 0.4) is 0 Å². The van der Waals surface area contributed by atoms with Crippen molar-refractivity contribution in [3.8, 4) is 11.5 Å². The number of hydrogen-bond donors (Lipinski definition) is 1. The fourth-order valence-corrected chi connectivity index (χ4v) is 4.14. The Hall–Kier alpha value is -3.58. The Bertz CT molecular complexity index is 1170. The van der Waals surface area contributed by atoms with Gasteiger partial charge in [-0.15, -0.1) is 0 Å². The number of benzene rings is 3. The Labute approximate surface area is 199 Å². The van der Waals surface area contributed by atoms with Crippen LogP contribution >= 0.6 is 0 Å². The van der Waals surface area contributed by atoms with Crippen molar-refractivity contribution < 1.29 is 24.2 Å². The highest BCUT2D eigenvalue weighted by Gasteiger charge is 2.34. The molecular weight excluding hydrogens is 432 g/mol. The zero-order chi connectivity index (χ0) is 24.2. The second kappa shape index (κ2) is 10.1. The summed E-state index contributed by atoms with van der Waals surface area (Å²) in [5.74, 6) is 0.734. The average Bonchev–Trinajstić information content (AvgIpc) is 2.83. The number of carbonyl (C=O) groups is 2. The van der Waals surface area contributed by atoms with Crippen LogP contribution < -0.4 is 14.4 Å². The summed E-state index contributed by atoms with van der Waals surface area (Å²) < 4.78 is 11.6. The third kappa shape index (κ3) is 4.99. The maximum atomic E-state index is 13.2. The molecule has 0 bridgehead atoms. The number of nitrogens with zero attached hydrogens (tertiary/aromatic N) is 2. The van der Waals surface area contributed by atoms with Crippen LogP contribution in [0.25, 0.3) is 10.8 Å². The van der Waals surface area contributed by atoms with Gasteiger partial charge in [0, 0.05) is 11.4 Å². The molecule has 1 N–H and O–H groups in total. The van der Waals surface area contributed by atoms with E-state index in [-0.39, 0.29) is 37.6 Å². The Morgan fingerprint density at radius 2 is 1.79 bits per heavy atom. The van der Waals surface area contributed by atoms with Gasteiger partial charge in [-0.1, -0.05) is 48.5 Å². The van der Waals surface area contributed by atoms with E-state index in [1.54, 1.807) is 30.0 Å². The highest BCUT2D eigenvalue weighted by Crippen LogP contribution is 2.33. The van der Waals surface area contributed by atoms with Gasteiger partial charge in [-0.3, -0.25) is 14.5 Å². The minimum absolute atomic E-state index is 0.0425. The van der Waals surface area contributed by atoms with Gasteiger partial charge in [-0.2, -0.15) is 0 Å². The maximum Gasteiger partial charge on any atom is 0.268 e. The number of amides is 2. The van der Waals surface area contributed by atoms with Crippen LogP contribution in [0.5, 0.6) is 11.5 Å². The molecule has 4 rings (SSSR count). The SMILES string of the molecule is CC(C)N(C[C@H](O)COc1cccc2ccccc12)C(=O)CN1C(=O)[C@H](C)Oc2ccccc21. The molecule has 3 aromatic carbocycles. The predicted octanol–water partition coefficient (Wildman–Crippen LogP) is 3.63. The summed E-state index contributed by atoms with van der Waals surface area (Å²) in [6.07, 6.45) is -1.56. The van der Waals surface area contributed by atoms with Crippen molar-refractivity contribution in [2.45, 2.75) is 39.0 Å². The standard InChI is InChI=1S/C27H30N2O5/c1-18(2)28(15-21(30)17-33-24-14-8-10-20-9-4-5-11-22(20)24)26(31)16-29-23-12-6-7-13-25(23)34-19(3)27(29)32/h4-14,18-19,21,30H,15-17H2,1-3H3/t19-,21-/m0/s1. The summed E-state index contributed by atoms with van der Waals surface area (Å²) in [4.78, 5) is 29.0. The summed E-state index contributed by atoms with van der Waals surface area (Å²) in [7, 11) is 0. The van der Waals surface area contributed by atoms with Crippen molar-refractivity contribution in [3.63, 3.8) is 0 Å². The topological polar surface area (TPSA) is 79.3 Å². The molecule has 1 aliphatic heterocycles. The number of aliphatic hydroxyl groups is 1. The van der Waals surface area contributed by atoms with Crippen LogP contribution in [0.15, 0.2) is 66.7 Å². The van der Waals surface area contributed by atoms with Gasteiger partial charge in [0.25, 0.3) is 5.91 Å². The molecule has 0 spiro atoms. The van der Waals surface area contributed by atoms with Crippen LogP contribution in [0, 0.1) is 0 Å². The van der Waals surface area contributed by atoms with E-state index >= 15 is 0 Å². The smallest absolute Gasteiger partial charge is 0.268 e. The number of carbonyl (C=O) groups excluding carboxylic acids is 2. The van der Waals surface area contributed by atoms with Crippen molar-refractivity contribution in [1.82, 2.24) is 4.90 Å². The van der Waals surface area contributed by atoms with Crippen LogP contribution in [-0.2, 0) is 9.59 Å². The van der Waals surface area contributed by atoms with E-state index in [9.17, 15) is 14.7 Å². The lowest BCUT2D eigenvalue weighted by atomic mass is 10.1. The first-order valence-corrected chi connectivity index (χ1v) is 11.5. The highest BCUT2D eigenvalue weighted by molar-refractivity contribution is 6.03. The zero-order valence-electron chi connectivity index (χ0n) is 19.7. The monoisotopic (exact) mass is 462 g/mol. The second-order valence-electron chi connectivity index (χ2n) is 8.73. The highest BCUT2D eigenvalue weighted by atomic mass is 16.5. The van der Waals surface area contributed by atoms with Crippen molar-refractivity contribution in [2.75, 3.05) is 24.6 Å². The molecule has 1 heterocycles. The normalized spacial score (nSPS) is 16.2. The second-order valence-corrected chi connectivity index (χ2v) is 8.73. The van der Waals surface area contributed by atoms with Crippen LogP contribution in [0.4, 0.5) is 5.69 Å². The first kappa shape index (κ1) is 23.6. The lowest BCUT2D eigenvalue weighted by Gasteiger charge is -2.35. The number of rotatable bonds is 8. The average molecular weight is 463 g/mol. The van der Waals surface area contributed by atoms with E-state index in [0.29, 0.717) is 17.2 Å². The summed E-state index contributed by atoms with van der Waals surface area (Å²) in [6.45, 7) is 5.45. The first-order chi connectivity index (χ1) is 16.3. The van der Waals surface area contributed by atoms with Gasteiger partial charge in [-0.05, 0) is 44.4 Å². The molecule has 7 nitrogen and oxygen atoms in total. The van der Waals surface area contributed by atoms with E-state index < -0.39 is 12.2 Å². The predicted molar refractivity (Wildman–Crippen MR) is 131 cm³/mol. The largest absolute Gasteiger partial charge is 0.490 e. The number of aliphatic hydroxyl groups excluding tert-OH is 1. The number of fused-ring (bicyclic) bond motifs is 2. The molecule has 0 aliphatic carbocycles. The molecule has 0 unspecified atom stereocenters. The van der Waals surface area contributed by atoms with E-state index in [4.69, 9.17) is 9.47 Å². The van der Waals surface area contributed by atoms with Crippen molar-refractivity contribution >= 4 is 28.3 Å².